The van der Waals surface area contributed by atoms with Crippen LogP contribution in [-0.2, 0) is 6.42 Å². The summed E-state index contributed by atoms with van der Waals surface area (Å²) in [5.41, 5.74) is 1.63. The minimum Gasteiger partial charge on any atom is -0.493 e. The number of benzene rings is 1. The standard InChI is InChI=1S/C23H35N5O3/c1-16(2)14-24-23(29)20-15-28(26-25-20)19-8-10-27(11-9-19)17(3)12-18-6-7-21(30-4)22(13-18)31-5/h6-7,13,15-17,19H,8-12,14H2,1-5H3,(H,24,29). The van der Waals surface area contributed by atoms with Crippen molar-refractivity contribution in [1.82, 2.24) is 25.2 Å². The lowest BCUT2D eigenvalue weighted by atomic mass is 10.00. The van der Waals surface area contributed by atoms with Gasteiger partial charge in [-0.2, -0.15) is 0 Å². The van der Waals surface area contributed by atoms with E-state index < -0.39 is 0 Å². The molecule has 0 saturated carbocycles. The first-order valence-corrected chi connectivity index (χ1v) is 11.1. The molecule has 0 radical (unpaired) electrons. The molecule has 1 fully saturated rings. The molecule has 8 heteroatoms. The average molecular weight is 430 g/mol. The number of nitrogens with one attached hydrogen (secondary N) is 1. The van der Waals surface area contributed by atoms with E-state index in [2.05, 4.69) is 53.4 Å². The van der Waals surface area contributed by atoms with Crippen LogP contribution in [0, 0.1) is 5.92 Å². The number of carbonyl (C=O) groups excluding carboxylic acids is 1. The Morgan fingerprint density at radius 2 is 1.87 bits per heavy atom. The molecule has 1 saturated heterocycles. The largest absolute Gasteiger partial charge is 0.493 e. The predicted octanol–water partition coefficient (Wildman–Crippen LogP) is 2.95. The van der Waals surface area contributed by atoms with Gasteiger partial charge in [-0.1, -0.05) is 25.1 Å². The van der Waals surface area contributed by atoms with Crippen LogP contribution in [-0.4, -0.2) is 65.7 Å². The fraction of sp³-hybridized carbons (Fsp3) is 0.609. The molecule has 2 heterocycles. The predicted molar refractivity (Wildman–Crippen MR) is 120 cm³/mol. The van der Waals surface area contributed by atoms with Crippen LogP contribution < -0.4 is 14.8 Å². The number of nitrogens with zero attached hydrogens (tertiary/aromatic N) is 4. The molecule has 3 rings (SSSR count). The Balaban J connectivity index is 1.52. The van der Waals surface area contributed by atoms with E-state index in [1.807, 2.05) is 10.7 Å². The maximum Gasteiger partial charge on any atom is 0.273 e. The van der Waals surface area contributed by atoms with Crippen LogP contribution in [0.15, 0.2) is 24.4 Å². The van der Waals surface area contributed by atoms with Crippen molar-refractivity contribution < 1.29 is 14.3 Å². The van der Waals surface area contributed by atoms with Gasteiger partial charge in [0, 0.05) is 25.7 Å². The van der Waals surface area contributed by atoms with Crippen LogP contribution in [0.4, 0.5) is 0 Å². The van der Waals surface area contributed by atoms with Crippen molar-refractivity contribution >= 4 is 5.91 Å². The third-order valence-electron chi connectivity index (χ3n) is 5.89. The van der Waals surface area contributed by atoms with Gasteiger partial charge in [-0.05, 0) is 49.8 Å². The summed E-state index contributed by atoms with van der Waals surface area (Å²) in [6.07, 6.45) is 4.72. The molecule has 31 heavy (non-hydrogen) atoms. The van der Waals surface area contributed by atoms with Gasteiger partial charge in [0.1, 0.15) is 0 Å². The summed E-state index contributed by atoms with van der Waals surface area (Å²) in [7, 11) is 3.32. The molecule has 8 nitrogen and oxygen atoms in total. The van der Waals surface area contributed by atoms with Gasteiger partial charge in [0.2, 0.25) is 0 Å². The van der Waals surface area contributed by atoms with Crippen LogP contribution in [0.1, 0.15) is 55.7 Å². The first kappa shape index (κ1) is 23.1. The molecule has 0 bridgehead atoms. The quantitative estimate of drug-likeness (QED) is 0.660. The summed E-state index contributed by atoms with van der Waals surface area (Å²) in [5.74, 6) is 1.78. The van der Waals surface area contributed by atoms with E-state index in [-0.39, 0.29) is 11.9 Å². The molecule has 1 aromatic heterocycles. The highest BCUT2D eigenvalue weighted by molar-refractivity contribution is 5.91. The summed E-state index contributed by atoms with van der Waals surface area (Å²) in [5, 5.41) is 11.2. The summed E-state index contributed by atoms with van der Waals surface area (Å²) >= 11 is 0. The van der Waals surface area contributed by atoms with Crippen molar-refractivity contribution in [2.45, 2.75) is 52.1 Å². The van der Waals surface area contributed by atoms with Crippen molar-refractivity contribution in [3.63, 3.8) is 0 Å². The molecule has 1 atom stereocenters. The number of aromatic nitrogens is 3. The van der Waals surface area contributed by atoms with Crippen molar-refractivity contribution in [3.8, 4) is 11.5 Å². The van der Waals surface area contributed by atoms with Gasteiger partial charge in [0.05, 0.1) is 26.5 Å². The van der Waals surface area contributed by atoms with Crippen molar-refractivity contribution in [3.05, 3.63) is 35.7 Å². The average Bonchev–Trinajstić information content (AvgIpc) is 3.27. The third-order valence-corrected chi connectivity index (χ3v) is 5.89. The maximum absolute atomic E-state index is 12.2. The summed E-state index contributed by atoms with van der Waals surface area (Å²) in [6.45, 7) is 9.03. The van der Waals surface area contributed by atoms with Gasteiger partial charge in [-0.3, -0.25) is 4.79 Å². The van der Waals surface area contributed by atoms with E-state index in [9.17, 15) is 4.79 Å². The minimum atomic E-state index is -0.152. The van der Waals surface area contributed by atoms with Gasteiger partial charge in [-0.25, -0.2) is 4.68 Å². The van der Waals surface area contributed by atoms with Crippen LogP contribution in [0.25, 0.3) is 0 Å². The molecule has 170 valence electrons. The second kappa shape index (κ2) is 10.6. The Hall–Kier alpha value is -2.61. The van der Waals surface area contributed by atoms with Gasteiger partial charge in [0.15, 0.2) is 17.2 Å². The number of likely N-dealkylation sites (tertiary alicyclic amines) is 1. The number of carbonyl (C=O) groups is 1. The fourth-order valence-electron chi connectivity index (χ4n) is 4.02. The smallest absolute Gasteiger partial charge is 0.273 e. The topological polar surface area (TPSA) is 81.5 Å². The zero-order chi connectivity index (χ0) is 22.4. The summed E-state index contributed by atoms with van der Waals surface area (Å²) in [6, 6.07) is 6.83. The summed E-state index contributed by atoms with van der Waals surface area (Å²) in [4.78, 5) is 14.7. The van der Waals surface area contributed by atoms with Crippen LogP contribution in [0.5, 0.6) is 11.5 Å². The van der Waals surface area contributed by atoms with Gasteiger partial charge in [-0.15, -0.1) is 5.10 Å². The van der Waals surface area contributed by atoms with E-state index in [4.69, 9.17) is 9.47 Å². The SMILES string of the molecule is COc1ccc(CC(C)N2CCC(n3cc(C(=O)NCC(C)C)nn3)CC2)cc1OC. The van der Waals surface area contributed by atoms with Crippen LogP contribution >= 0.6 is 0 Å². The van der Waals surface area contributed by atoms with Gasteiger partial charge < -0.3 is 19.7 Å². The molecule has 0 aliphatic carbocycles. The number of ether oxygens (including phenoxy) is 2. The second-order valence-electron chi connectivity index (χ2n) is 8.70. The maximum atomic E-state index is 12.2. The van der Waals surface area contributed by atoms with E-state index >= 15 is 0 Å². The van der Waals surface area contributed by atoms with E-state index in [0.29, 0.717) is 24.2 Å². The third kappa shape index (κ3) is 5.97. The van der Waals surface area contributed by atoms with E-state index in [1.165, 1.54) is 5.56 Å². The van der Waals surface area contributed by atoms with E-state index in [0.717, 1.165) is 43.9 Å². The highest BCUT2D eigenvalue weighted by Crippen LogP contribution is 2.29. The molecular formula is C23H35N5O3. The number of methoxy groups -OCH3 is 2. The van der Waals surface area contributed by atoms with Gasteiger partial charge >= 0.3 is 0 Å². The van der Waals surface area contributed by atoms with Crippen LogP contribution in [0.2, 0.25) is 0 Å². The fourth-order valence-corrected chi connectivity index (χ4v) is 4.02. The molecule has 1 amide bonds. The molecular weight excluding hydrogens is 394 g/mol. The first-order chi connectivity index (χ1) is 14.9. The highest BCUT2D eigenvalue weighted by Gasteiger charge is 2.25. The Morgan fingerprint density at radius 3 is 2.52 bits per heavy atom. The van der Waals surface area contributed by atoms with E-state index in [1.54, 1.807) is 20.4 Å². The number of amides is 1. The Morgan fingerprint density at radius 1 is 1.16 bits per heavy atom. The zero-order valence-electron chi connectivity index (χ0n) is 19.3. The van der Waals surface area contributed by atoms with Crippen molar-refractivity contribution in [1.29, 1.82) is 0 Å². The van der Waals surface area contributed by atoms with Crippen LogP contribution in [0.3, 0.4) is 0 Å². The molecule has 0 spiro atoms. The lowest BCUT2D eigenvalue weighted by Gasteiger charge is -2.36. The molecule has 1 aromatic carbocycles. The monoisotopic (exact) mass is 429 g/mol. The molecule has 1 aliphatic heterocycles. The number of piperidine rings is 1. The summed E-state index contributed by atoms with van der Waals surface area (Å²) < 4.78 is 12.6. The molecule has 1 N–H and O–H groups in total. The van der Waals surface area contributed by atoms with Gasteiger partial charge in [0.25, 0.3) is 5.91 Å². The second-order valence-corrected chi connectivity index (χ2v) is 8.70. The lowest BCUT2D eigenvalue weighted by molar-refractivity contribution is 0.0944. The molecule has 1 unspecified atom stereocenters. The number of rotatable bonds is 9. The Bertz CT molecular complexity index is 859. The molecule has 1 aliphatic rings. The number of hydrogen-bond acceptors (Lipinski definition) is 6. The number of hydrogen-bond donors (Lipinski definition) is 1. The zero-order valence-corrected chi connectivity index (χ0v) is 19.3. The Kier molecular flexibility index (Phi) is 7.90. The first-order valence-electron chi connectivity index (χ1n) is 11.1. The Labute approximate surface area is 184 Å². The van der Waals surface area contributed by atoms with Crippen molar-refractivity contribution in [2.75, 3.05) is 33.9 Å². The minimum absolute atomic E-state index is 0.152. The van der Waals surface area contributed by atoms with Crippen molar-refractivity contribution in [2.24, 2.45) is 5.92 Å². The highest BCUT2D eigenvalue weighted by atomic mass is 16.5. The molecule has 2 aromatic rings. The lowest BCUT2D eigenvalue weighted by Crippen LogP contribution is -2.41. The normalized spacial score (nSPS) is 16.3.